The van der Waals surface area contributed by atoms with Gasteiger partial charge in [-0.1, -0.05) is 0 Å². The Morgan fingerprint density at radius 3 is 2.53 bits per heavy atom. The number of rotatable bonds is 5. The van der Waals surface area contributed by atoms with Crippen molar-refractivity contribution < 1.29 is 27.8 Å². The molecule has 1 aromatic carbocycles. The van der Waals surface area contributed by atoms with Crippen molar-refractivity contribution in [3.8, 4) is 11.5 Å². The zero-order chi connectivity index (χ0) is 13.1. The zero-order valence-corrected chi connectivity index (χ0v) is 10.3. The van der Waals surface area contributed by atoms with Crippen molar-refractivity contribution in [2.75, 3.05) is 13.7 Å². The van der Waals surface area contributed by atoms with Gasteiger partial charge >= 0.3 is 5.97 Å². The fourth-order valence-electron chi connectivity index (χ4n) is 1.06. The molecule has 0 fully saturated rings. The van der Waals surface area contributed by atoms with Gasteiger partial charge in [0, 0.05) is 16.7 Å². The molecule has 0 aromatic heterocycles. The van der Waals surface area contributed by atoms with Crippen molar-refractivity contribution in [1.82, 2.24) is 0 Å². The van der Waals surface area contributed by atoms with Gasteiger partial charge in [-0.15, -0.1) is 0 Å². The number of carbonyl (C=O) groups is 1. The van der Waals surface area contributed by atoms with Crippen LogP contribution in [-0.2, 0) is 13.8 Å². The minimum atomic E-state index is -3.90. The summed E-state index contributed by atoms with van der Waals surface area (Å²) in [6.07, 6.45) is 0. The predicted molar refractivity (Wildman–Crippen MR) is 59.2 cm³/mol. The molecule has 1 rings (SSSR count). The Kier molecular flexibility index (Phi) is 4.19. The van der Waals surface area contributed by atoms with E-state index in [1.165, 1.54) is 19.2 Å². The normalized spacial score (nSPS) is 10.9. The van der Waals surface area contributed by atoms with E-state index in [1.807, 2.05) is 0 Å². The Morgan fingerprint density at radius 1 is 1.41 bits per heavy atom. The number of ether oxygens (including phenoxy) is 2. The lowest BCUT2D eigenvalue weighted by atomic mass is 10.3. The Hall–Kier alpha value is -1.47. The summed E-state index contributed by atoms with van der Waals surface area (Å²) in [7, 11) is 2.59. The molecule has 17 heavy (non-hydrogen) atoms. The van der Waals surface area contributed by atoms with Crippen LogP contribution in [0, 0.1) is 0 Å². The van der Waals surface area contributed by atoms with Crippen LogP contribution in [0.4, 0.5) is 0 Å². The quantitative estimate of drug-likeness (QED) is 0.812. The van der Waals surface area contributed by atoms with Crippen LogP contribution in [0.15, 0.2) is 23.1 Å². The number of hydrogen-bond donors (Lipinski definition) is 1. The molecule has 1 N–H and O–H groups in total. The average Bonchev–Trinajstić information content (AvgIpc) is 2.24. The van der Waals surface area contributed by atoms with Gasteiger partial charge in [0.05, 0.1) is 12.0 Å². The molecule has 0 amide bonds. The summed E-state index contributed by atoms with van der Waals surface area (Å²) in [6, 6.07) is 3.66. The molecule has 0 aliphatic heterocycles. The van der Waals surface area contributed by atoms with Gasteiger partial charge in [0.25, 0.3) is 9.05 Å². The van der Waals surface area contributed by atoms with Crippen LogP contribution in [0.2, 0.25) is 0 Å². The molecule has 6 nitrogen and oxygen atoms in total. The second-order valence-electron chi connectivity index (χ2n) is 2.93. The largest absolute Gasteiger partial charge is 0.493 e. The van der Waals surface area contributed by atoms with E-state index in [9.17, 15) is 13.2 Å². The molecule has 94 valence electrons. The van der Waals surface area contributed by atoms with Gasteiger partial charge in [-0.3, -0.25) is 0 Å². The van der Waals surface area contributed by atoms with Crippen LogP contribution in [0.5, 0.6) is 11.5 Å². The molecule has 0 bridgehead atoms. The van der Waals surface area contributed by atoms with E-state index in [2.05, 4.69) is 0 Å². The highest BCUT2D eigenvalue weighted by molar-refractivity contribution is 8.13. The van der Waals surface area contributed by atoms with E-state index in [0.29, 0.717) is 0 Å². The van der Waals surface area contributed by atoms with Crippen molar-refractivity contribution in [2.24, 2.45) is 0 Å². The van der Waals surface area contributed by atoms with E-state index in [0.717, 1.165) is 6.07 Å². The van der Waals surface area contributed by atoms with Gasteiger partial charge in [-0.2, -0.15) is 0 Å². The monoisotopic (exact) mass is 280 g/mol. The fraction of sp³-hybridized carbons (Fsp3) is 0.222. The Bertz CT molecular complexity index is 524. The first kappa shape index (κ1) is 13.6. The lowest BCUT2D eigenvalue weighted by Gasteiger charge is -2.09. The van der Waals surface area contributed by atoms with Crippen LogP contribution in [0.1, 0.15) is 0 Å². The molecule has 0 radical (unpaired) electrons. The molecule has 0 saturated carbocycles. The number of hydrogen-bond acceptors (Lipinski definition) is 5. The predicted octanol–water partition coefficient (Wildman–Crippen LogP) is 1.09. The van der Waals surface area contributed by atoms with E-state index >= 15 is 0 Å². The first-order valence-corrected chi connectivity index (χ1v) is 6.63. The van der Waals surface area contributed by atoms with E-state index in [-0.39, 0.29) is 16.4 Å². The van der Waals surface area contributed by atoms with Crippen LogP contribution in [-0.4, -0.2) is 33.2 Å². The summed E-state index contributed by atoms with van der Waals surface area (Å²) >= 11 is 0. The maximum absolute atomic E-state index is 11.1. The minimum Gasteiger partial charge on any atom is -0.493 e. The van der Waals surface area contributed by atoms with E-state index in [4.69, 9.17) is 25.3 Å². The van der Waals surface area contributed by atoms with Crippen molar-refractivity contribution in [2.45, 2.75) is 4.90 Å². The third kappa shape index (κ3) is 3.79. The highest BCUT2D eigenvalue weighted by Crippen LogP contribution is 2.30. The number of methoxy groups -OCH3 is 1. The average molecular weight is 281 g/mol. The molecule has 1 aromatic rings. The Labute approximate surface area is 102 Å². The third-order valence-corrected chi connectivity index (χ3v) is 3.12. The number of carboxylic acids is 1. The molecule has 0 unspecified atom stereocenters. The van der Waals surface area contributed by atoms with Gasteiger partial charge in [-0.05, 0) is 12.1 Å². The van der Waals surface area contributed by atoms with E-state index < -0.39 is 21.6 Å². The Morgan fingerprint density at radius 2 is 2.06 bits per heavy atom. The third-order valence-electron chi connectivity index (χ3n) is 1.77. The zero-order valence-electron chi connectivity index (χ0n) is 8.71. The first-order valence-electron chi connectivity index (χ1n) is 4.32. The molecule has 0 aliphatic carbocycles. The van der Waals surface area contributed by atoms with Crippen molar-refractivity contribution in [3.05, 3.63) is 18.2 Å². The second-order valence-corrected chi connectivity index (χ2v) is 5.50. The molecular formula is C9H9ClO6S. The summed E-state index contributed by atoms with van der Waals surface area (Å²) in [4.78, 5) is 10.1. The summed E-state index contributed by atoms with van der Waals surface area (Å²) in [5.41, 5.74) is 0. The lowest BCUT2D eigenvalue weighted by molar-refractivity contribution is -0.139. The molecule has 0 atom stereocenters. The van der Waals surface area contributed by atoms with Crippen LogP contribution >= 0.6 is 10.7 Å². The van der Waals surface area contributed by atoms with Crippen LogP contribution in [0.25, 0.3) is 0 Å². The van der Waals surface area contributed by atoms with Crippen molar-refractivity contribution in [3.63, 3.8) is 0 Å². The number of aliphatic carboxylic acids is 1. The second kappa shape index (κ2) is 5.24. The minimum absolute atomic E-state index is 0.00312. The molecule has 0 aliphatic rings. The molecule has 0 heterocycles. The van der Waals surface area contributed by atoms with Gasteiger partial charge < -0.3 is 14.6 Å². The number of benzene rings is 1. The van der Waals surface area contributed by atoms with Crippen LogP contribution in [0.3, 0.4) is 0 Å². The Balaban J connectivity index is 3.11. The van der Waals surface area contributed by atoms with Gasteiger partial charge in [-0.25, -0.2) is 13.2 Å². The standard InChI is InChI=1S/C9H9ClO6S/c1-15-7-3-2-6(17(10,13)14)4-8(7)16-5-9(11)12/h2-4H,5H2,1H3,(H,11,12). The summed E-state index contributed by atoms with van der Waals surface area (Å²) in [5.74, 6) is -0.974. The van der Waals surface area contributed by atoms with Gasteiger partial charge in [0.1, 0.15) is 0 Å². The van der Waals surface area contributed by atoms with Gasteiger partial charge in [0.2, 0.25) is 0 Å². The fourth-order valence-corrected chi connectivity index (χ4v) is 1.83. The molecule has 0 spiro atoms. The molecular weight excluding hydrogens is 272 g/mol. The van der Waals surface area contributed by atoms with Crippen molar-refractivity contribution in [1.29, 1.82) is 0 Å². The number of carboxylic acid groups (broad SMARTS) is 1. The smallest absolute Gasteiger partial charge is 0.341 e. The maximum atomic E-state index is 11.1. The maximum Gasteiger partial charge on any atom is 0.341 e. The highest BCUT2D eigenvalue weighted by Gasteiger charge is 2.15. The first-order chi connectivity index (χ1) is 7.84. The SMILES string of the molecule is COc1ccc(S(=O)(=O)Cl)cc1OCC(=O)O. The number of halogens is 1. The van der Waals surface area contributed by atoms with Crippen molar-refractivity contribution >= 4 is 25.7 Å². The van der Waals surface area contributed by atoms with Gasteiger partial charge in [0.15, 0.2) is 18.1 Å². The molecule has 8 heteroatoms. The topological polar surface area (TPSA) is 89.9 Å². The van der Waals surface area contributed by atoms with E-state index in [1.54, 1.807) is 0 Å². The van der Waals surface area contributed by atoms with Crippen LogP contribution < -0.4 is 9.47 Å². The summed E-state index contributed by atoms with van der Waals surface area (Å²) in [5, 5.41) is 8.46. The lowest BCUT2D eigenvalue weighted by Crippen LogP contribution is -2.10. The highest BCUT2D eigenvalue weighted by atomic mass is 35.7. The summed E-state index contributed by atoms with van der Waals surface area (Å²) < 4.78 is 31.9. The molecule has 0 saturated heterocycles. The summed E-state index contributed by atoms with van der Waals surface area (Å²) in [6.45, 7) is -0.609.